The Balaban J connectivity index is 1.24. The van der Waals surface area contributed by atoms with Crippen LogP contribution in [0.5, 0.6) is 0 Å². The number of aromatic nitrogens is 2. The molecule has 8 nitrogen and oxygen atoms in total. The second-order valence-corrected chi connectivity index (χ2v) is 7.09. The highest BCUT2D eigenvalue weighted by Crippen LogP contribution is 2.39. The lowest BCUT2D eigenvalue weighted by Crippen LogP contribution is -2.51. The molecule has 1 aliphatic carbocycles. The molecule has 1 saturated carbocycles. The number of H-pyrrole nitrogens is 1. The molecule has 2 fully saturated rings. The van der Waals surface area contributed by atoms with E-state index in [4.69, 9.17) is 5.11 Å². The second-order valence-electron chi connectivity index (χ2n) is 7.09. The first-order chi connectivity index (χ1) is 13.1. The summed E-state index contributed by atoms with van der Waals surface area (Å²) in [4.78, 5) is 27.2. The Morgan fingerprint density at radius 3 is 2.48 bits per heavy atom. The van der Waals surface area contributed by atoms with Crippen molar-refractivity contribution in [2.75, 3.05) is 31.1 Å². The van der Waals surface area contributed by atoms with Crippen LogP contribution in [-0.4, -0.2) is 58.4 Å². The number of piperazine rings is 1. The molecule has 142 valence electrons. The molecule has 1 aromatic carbocycles. The smallest absolute Gasteiger partial charge is 0.335 e. The molecular formula is C19H23N5O3. The van der Waals surface area contributed by atoms with Gasteiger partial charge in [-0.1, -0.05) is 12.1 Å². The lowest BCUT2D eigenvalue weighted by molar-refractivity contribution is 0.0697. The summed E-state index contributed by atoms with van der Waals surface area (Å²) in [6, 6.07) is 8.56. The van der Waals surface area contributed by atoms with Gasteiger partial charge >= 0.3 is 12.0 Å². The van der Waals surface area contributed by atoms with E-state index in [1.807, 2.05) is 0 Å². The first kappa shape index (κ1) is 17.4. The molecule has 8 heteroatoms. The number of benzene rings is 1. The lowest BCUT2D eigenvalue weighted by atomic mass is 10.1. The third-order valence-electron chi connectivity index (χ3n) is 5.14. The standard InChI is InChI=1S/C19H23N5O3/c25-18(26)15-3-1-13(2-4-15)12-20-19(27)24-9-7-23(8-10-24)17-11-16(21-22-17)14-5-6-14/h1-4,11,14H,5-10,12H2,(H,20,27)(H,21,22)(H,25,26). The van der Waals surface area contributed by atoms with Crippen molar-refractivity contribution in [2.24, 2.45) is 0 Å². The first-order valence-electron chi connectivity index (χ1n) is 9.25. The van der Waals surface area contributed by atoms with Gasteiger partial charge in [-0.15, -0.1) is 0 Å². The number of rotatable bonds is 5. The number of carbonyl (C=O) groups is 2. The number of aromatic amines is 1. The molecule has 3 N–H and O–H groups in total. The summed E-state index contributed by atoms with van der Waals surface area (Å²) in [6.45, 7) is 3.19. The van der Waals surface area contributed by atoms with Crippen molar-refractivity contribution >= 4 is 17.8 Å². The molecule has 0 atom stereocenters. The molecule has 2 amide bonds. The van der Waals surface area contributed by atoms with Crippen LogP contribution in [0.15, 0.2) is 30.3 Å². The number of carboxylic acids is 1. The lowest BCUT2D eigenvalue weighted by Gasteiger charge is -2.34. The van der Waals surface area contributed by atoms with Crippen molar-refractivity contribution in [1.29, 1.82) is 0 Å². The van der Waals surface area contributed by atoms with E-state index in [0.717, 1.165) is 24.5 Å². The summed E-state index contributed by atoms with van der Waals surface area (Å²) in [5, 5.41) is 19.3. The zero-order valence-corrected chi connectivity index (χ0v) is 15.0. The Morgan fingerprint density at radius 2 is 1.85 bits per heavy atom. The van der Waals surface area contributed by atoms with Crippen LogP contribution in [0.4, 0.5) is 10.6 Å². The minimum Gasteiger partial charge on any atom is -0.478 e. The van der Waals surface area contributed by atoms with Crippen LogP contribution in [-0.2, 0) is 6.54 Å². The van der Waals surface area contributed by atoms with Crippen molar-refractivity contribution in [3.8, 4) is 0 Å². The van der Waals surface area contributed by atoms with E-state index >= 15 is 0 Å². The molecule has 0 radical (unpaired) electrons. The van der Waals surface area contributed by atoms with Crippen molar-refractivity contribution in [3.05, 3.63) is 47.2 Å². The molecule has 4 rings (SSSR count). The van der Waals surface area contributed by atoms with Gasteiger partial charge < -0.3 is 20.2 Å². The summed E-state index contributed by atoms with van der Waals surface area (Å²) in [5.74, 6) is 0.669. The van der Waals surface area contributed by atoms with Gasteiger partial charge in [-0.2, -0.15) is 5.10 Å². The average Bonchev–Trinajstić information content (AvgIpc) is 3.43. The molecule has 0 unspecified atom stereocenters. The van der Waals surface area contributed by atoms with E-state index in [1.165, 1.54) is 18.5 Å². The largest absolute Gasteiger partial charge is 0.478 e. The van der Waals surface area contributed by atoms with Gasteiger partial charge in [-0.25, -0.2) is 9.59 Å². The van der Waals surface area contributed by atoms with Gasteiger partial charge in [0.2, 0.25) is 0 Å². The van der Waals surface area contributed by atoms with Crippen LogP contribution in [0.3, 0.4) is 0 Å². The van der Waals surface area contributed by atoms with Gasteiger partial charge in [0.15, 0.2) is 5.82 Å². The molecule has 0 bridgehead atoms. The van der Waals surface area contributed by atoms with Gasteiger partial charge in [0.1, 0.15) is 0 Å². The van der Waals surface area contributed by atoms with Crippen LogP contribution in [0.1, 0.15) is 40.4 Å². The van der Waals surface area contributed by atoms with Crippen LogP contribution in [0, 0.1) is 0 Å². The molecule has 1 saturated heterocycles. The third kappa shape index (κ3) is 4.05. The fraction of sp³-hybridized carbons (Fsp3) is 0.421. The molecule has 2 heterocycles. The zero-order chi connectivity index (χ0) is 18.8. The number of nitrogens with one attached hydrogen (secondary N) is 2. The Hall–Kier alpha value is -3.03. The van der Waals surface area contributed by atoms with Crippen LogP contribution in [0.2, 0.25) is 0 Å². The zero-order valence-electron chi connectivity index (χ0n) is 15.0. The molecule has 1 aliphatic heterocycles. The number of amides is 2. The molecule has 27 heavy (non-hydrogen) atoms. The quantitative estimate of drug-likeness (QED) is 0.748. The van der Waals surface area contributed by atoms with E-state index in [0.29, 0.717) is 25.6 Å². The highest BCUT2D eigenvalue weighted by molar-refractivity contribution is 5.87. The maximum atomic E-state index is 12.4. The number of anilines is 1. The average molecular weight is 369 g/mol. The van der Waals surface area contributed by atoms with E-state index < -0.39 is 5.97 Å². The van der Waals surface area contributed by atoms with Crippen LogP contribution in [0.25, 0.3) is 0 Å². The SMILES string of the molecule is O=C(O)c1ccc(CNC(=O)N2CCN(c3cc(C4CC4)[nH]n3)CC2)cc1. The fourth-order valence-corrected chi connectivity index (χ4v) is 3.28. The Kier molecular flexibility index (Phi) is 4.70. The van der Waals surface area contributed by atoms with E-state index in [-0.39, 0.29) is 11.6 Å². The predicted molar refractivity (Wildman–Crippen MR) is 100.0 cm³/mol. The number of carbonyl (C=O) groups excluding carboxylic acids is 1. The summed E-state index contributed by atoms with van der Waals surface area (Å²) in [6.07, 6.45) is 2.49. The number of carboxylic acid groups (broad SMARTS) is 1. The Bertz CT molecular complexity index is 820. The number of hydrogen-bond donors (Lipinski definition) is 3. The third-order valence-corrected chi connectivity index (χ3v) is 5.14. The van der Waals surface area contributed by atoms with Crippen molar-refractivity contribution in [2.45, 2.75) is 25.3 Å². The minimum absolute atomic E-state index is 0.0994. The highest BCUT2D eigenvalue weighted by Gasteiger charge is 2.27. The fourth-order valence-electron chi connectivity index (χ4n) is 3.28. The van der Waals surface area contributed by atoms with Gasteiger partial charge in [-0.3, -0.25) is 5.10 Å². The van der Waals surface area contributed by atoms with Gasteiger partial charge in [0, 0.05) is 50.4 Å². The number of aromatic carboxylic acids is 1. The number of nitrogens with zero attached hydrogens (tertiary/aromatic N) is 3. The molecule has 0 spiro atoms. The summed E-state index contributed by atoms with van der Waals surface area (Å²) >= 11 is 0. The van der Waals surface area contributed by atoms with Crippen molar-refractivity contribution < 1.29 is 14.7 Å². The first-order valence-corrected chi connectivity index (χ1v) is 9.25. The summed E-state index contributed by atoms with van der Waals surface area (Å²) in [5.41, 5.74) is 2.33. The molecule has 2 aliphatic rings. The monoisotopic (exact) mass is 369 g/mol. The van der Waals surface area contributed by atoms with E-state index in [2.05, 4.69) is 26.5 Å². The van der Waals surface area contributed by atoms with Crippen molar-refractivity contribution in [1.82, 2.24) is 20.4 Å². The Labute approximate surface area is 157 Å². The normalized spacial score (nSPS) is 17.0. The van der Waals surface area contributed by atoms with E-state index in [9.17, 15) is 9.59 Å². The maximum Gasteiger partial charge on any atom is 0.335 e. The van der Waals surface area contributed by atoms with Gasteiger partial charge in [0.05, 0.1) is 5.56 Å². The number of hydrogen-bond acceptors (Lipinski definition) is 4. The van der Waals surface area contributed by atoms with E-state index in [1.54, 1.807) is 29.2 Å². The topological polar surface area (TPSA) is 102 Å². The van der Waals surface area contributed by atoms with Gasteiger partial charge in [-0.05, 0) is 30.5 Å². The predicted octanol–water partition coefficient (Wildman–Crippen LogP) is 2.02. The molecular weight excluding hydrogens is 346 g/mol. The maximum absolute atomic E-state index is 12.4. The van der Waals surface area contributed by atoms with Crippen LogP contribution >= 0.6 is 0 Å². The highest BCUT2D eigenvalue weighted by atomic mass is 16.4. The summed E-state index contributed by atoms with van der Waals surface area (Å²) < 4.78 is 0. The molecule has 1 aromatic heterocycles. The van der Waals surface area contributed by atoms with Gasteiger partial charge in [0.25, 0.3) is 0 Å². The Morgan fingerprint density at radius 1 is 1.15 bits per heavy atom. The van der Waals surface area contributed by atoms with Crippen LogP contribution < -0.4 is 10.2 Å². The minimum atomic E-state index is -0.954. The second kappa shape index (κ2) is 7.30. The number of urea groups is 1. The molecule has 2 aromatic rings. The summed E-state index contributed by atoms with van der Waals surface area (Å²) in [7, 11) is 0. The van der Waals surface area contributed by atoms with Crippen molar-refractivity contribution in [3.63, 3.8) is 0 Å².